The van der Waals surface area contributed by atoms with Gasteiger partial charge in [-0.2, -0.15) is 0 Å². The number of esters is 2. The van der Waals surface area contributed by atoms with Crippen molar-refractivity contribution in [2.75, 3.05) is 20.5 Å². The predicted molar refractivity (Wildman–Crippen MR) is 109 cm³/mol. The SMILES string of the molecule is CCOC(=O)C1=C(C)NC2=C(C(=O)[C@@H](C(=O)OC)[C@@H](C)C2)[C@@H]1c1ccc2c(c1)OCO2. The highest BCUT2D eigenvalue weighted by atomic mass is 16.7. The van der Waals surface area contributed by atoms with E-state index in [1.54, 1.807) is 32.0 Å². The Bertz CT molecular complexity index is 1020. The molecule has 1 aromatic rings. The molecule has 0 saturated carbocycles. The molecular formula is C23H25NO7. The van der Waals surface area contributed by atoms with Gasteiger partial charge in [0, 0.05) is 22.9 Å². The molecule has 0 fully saturated rings. The van der Waals surface area contributed by atoms with Gasteiger partial charge in [-0.3, -0.25) is 9.59 Å². The zero-order valence-corrected chi connectivity index (χ0v) is 17.9. The monoisotopic (exact) mass is 427 g/mol. The summed E-state index contributed by atoms with van der Waals surface area (Å²) in [5.41, 5.74) is 2.75. The zero-order valence-electron chi connectivity index (χ0n) is 17.9. The lowest BCUT2D eigenvalue weighted by molar-refractivity contribution is -0.151. The van der Waals surface area contributed by atoms with Crippen molar-refractivity contribution in [1.29, 1.82) is 0 Å². The van der Waals surface area contributed by atoms with E-state index in [0.29, 0.717) is 46.0 Å². The Morgan fingerprint density at radius 1 is 1.23 bits per heavy atom. The maximum atomic E-state index is 13.6. The summed E-state index contributed by atoms with van der Waals surface area (Å²) < 4.78 is 21.1. The van der Waals surface area contributed by atoms with Crippen LogP contribution in [0.25, 0.3) is 0 Å². The van der Waals surface area contributed by atoms with Crippen LogP contribution in [0.3, 0.4) is 0 Å². The molecule has 0 radical (unpaired) electrons. The highest BCUT2D eigenvalue weighted by molar-refractivity contribution is 6.12. The Hall–Kier alpha value is -3.29. The largest absolute Gasteiger partial charge is 0.468 e. The Kier molecular flexibility index (Phi) is 5.47. The van der Waals surface area contributed by atoms with E-state index in [0.717, 1.165) is 0 Å². The fourth-order valence-electron chi connectivity index (χ4n) is 4.59. The van der Waals surface area contributed by atoms with Crippen molar-refractivity contribution < 1.29 is 33.3 Å². The number of allylic oxidation sites excluding steroid dienone is 3. The Balaban J connectivity index is 1.87. The number of carbonyl (C=O) groups is 3. The van der Waals surface area contributed by atoms with Crippen molar-refractivity contribution in [2.24, 2.45) is 11.8 Å². The molecule has 8 nitrogen and oxygen atoms in total. The van der Waals surface area contributed by atoms with Crippen molar-refractivity contribution >= 4 is 17.7 Å². The molecular weight excluding hydrogens is 402 g/mol. The van der Waals surface area contributed by atoms with Gasteiger partial charge >= 0.3 is 11.9 Å². The van der Waals surface area contributed by atoms with Crippen molar-refractivity contribution in [1.82, 2.24) is 5.32 Å². The molecule has 0 amide bonds. The summed E-state index contributed by atoms with van der Waals surface area (Å²) in [7, 11) is 1.27. The second-order valence-electron chi connectivity index (χ2n) is 7.87. The van der Waals surface area contributed by atoms with E-state index >= 15 is 0 Å². The third-order valence-electron chi connectivity index (χ3n) is 5.97. The Morgan fingerprint density at radius 3 is 2.68 bits per heavy atom. The lowest BCUT2D eigenvalue weighted by atomic mass is 9.69. The molecule has 3 atom stereocenters. The lowest BCUT2D eigenvalue weighted by Gasteiger charge is -2.38. The fourth-order valence-corrected chi connectivity index (χ4v) is 4.59. The van der Waals surface area contributed by atoms with Crippen LogP contribution in [0.2, 0.25) is 0 Å². The summed E-state index contributed by atoms with van der Waals surface area (Å²) in [4.78, 5) is 38.9. The number of dihydropyridines is 1. The number of benzene rings is 1. The van der Waals surface area contributed by atoms with Crippen molar-refractivity contribution in [3.63, 3.8) is 0 Å². The van der Waals surface area contributed by atoms with Crippen molar-refractivity contribution in [3.8, 4) is 11.5 Å². The molecule has 2 heterocycles. The summed E-state index contributed by atoms with van der Waals surface area (Å²) >= 11 is 0. The first kappa shape index (κ1) is 21.0. The van der Waals surface area contributed by atoms with Gasteiger partial charge in [-0.05, 0) is 43.9 Å². The molecule has 164 valence electrons. The fraction of sp³-hybridized carbons (Fsp3) is 0.435. The Labute approximate surface area is 180 Å². The number of ketones is 1. The third kappa shape index (κ3) is 3.45. The molecule has 0 bridgehead atoms. The van der Waals surface area contributed by atoms with E-state index in [9.17, 15) is 14.4 Å². The molecule has 0 unspecified atom stereocenters. The van der Waals surface area contributed by atoms with E-state index in [1.165, 1.54) is 7.11 Å². The van der Waals surface area contributed by atoms with Gasteiger partial charge in [0.05, 0.1) is 19.3 Å². The number of nitrogens with one attached hydrogen (secondary N) is 1. The van der Waals surface area contributed by atoms with Crippen LogP contribution in [0.4, 0.5) is 0 Å². The van der Waals surface area contributed by atoms with Crippen LogP contribution < -0.4 is 14.8 Å². The van der Waals surface area contributed by atoms with Crippen LogP contribution in [0, 0.1) is 11.8 Å². The Morgan fingerprint density at radius 2 is 1.97 bits per heavy atom. The molecule has 1 aliphatic carbocycles. The smallest absolute Gasteiger partial charge is 0.336 e. The lowest BCUT2D eigenvalue weighted by Crippen LogP contribution is -2.43. The topological polar surface area (TPSA) is 100 Å². The molecule has 1 N–H and O–H groups in total. The van der Waals surface area contributed by atoms with Gasteiger partial charge in [0.2, 0.25) is 6.79 Å². The van der Waals surface area contributed by atoms with Gasteiger partial charge in [0.15, 0.2) is 17.3 Å². The van der Waals surface area contributed by atoms with Gasteiger partial charge in [0.25, 0.3) is 0 Å². The number of rotatable bonds is 4. The van der Waals surface area contributed by atoms with Gasteiger partial charge in [-0.15, -0.1) is 0 Å². The molecule has 0 saturated heterocycles. The maximum absolute atomic E-state index is 13.6. The average Bonchev–Trinajstić information content (AvgIpc) is 3.20. The number of Topliss-reactive ketones (excluding diaryl/α,β-unsaturated/α-hetero) is 1. The first-order valence-electron chi connectivity index (χ1n) is 10.3. The molecule has 4 rings (SSSR count). The van der Waals surface area contributed by atoms with E-state index in [4.69, 9.17) is 18.9 Å². The molecule has 0 spiro atoms. The van der Waals surface area contributed by atoms with E-state index in [1.807, 2.05) is 6.92 Å². The minimum atomic E-state index is -0.927. The van der Waals surface area contributed by atoms with Crippen molar-refractivity contribution in [3.05, 3.63) is 46.3 Å². The van der Waals surface area contributed by atoms with Crippen LogP contribution in [0.1, 0.15) is 38.7 Å². The summed E-state index contributed by atoms with van der Waals surface area (Å²) in [5.74, 6) is -2.15. The second kappa shape index (κ2) is 8.09. The predicted octanol–water partition coefficient (Wildman–Crippen LogP) is 2.59. The van der Waals surface area contributed by atoms with Gasteiger partial charge in [-0.25, -0.2) is 4.79 Å². The number of methoxy groups -OCH3 is 1. The number of hydrogen-bond donors (Lipinski definition) is 1. The minimum Gasteiger partial charge on any atom is -0.468 e. The van der Waals surface area contributed by atoms with E-state index in [-0.39, 0.29) is 25.1 Å². The molecule has 0 aromatic heterocycles. The van der Waals surface area contributed by atoms with Gasteiger partial charge < -0.3 is 24.3 Å². The number of ether oxygens (including phenoxy) is 4. The standard InChI is InChI=1S/C23H25NO7/c1-5-29-23(27)18-12(3)24-14-8-11(2)17(22(26)28-4)21(25)20(14)19(18)13-6-7-15-16(9-13)31-10-30-15/h6-7,9,11,17,19,24H,5,8,10H2,1-4H3/t11-,17-,19+/m0/s1. The second-order valence-corrected chi connectivity index (χ2v) is 7.87. The molecule has 3 aliphatic rings. The van der Waals surface area contributed by atoms with Crippen LogP contribution in [-0.2, 0) is 23.9 Å². The van der Waals surface area contributed by atoms with E-state index in [2.05, 4.69) is 5.32 Å². The molecule has 8 heteroatoms. The third-order valence-corrected chi connectivity index (χ3v) is 5.97. The van der Waals surface area contributed by atoms with Gasteiger partial charge in [-0.1, -0.05) is 13.0 Å². The molecule has 31 heavy (non-hydrogen) atoms. The quantitative estimate of drug-likeness (QED) is 0.578. The van der Waals surface area contributed by atoms with Crippen LogP contribution in [0.15, 0.2) is 40.7 Å². The van der Waals surface area contributed by atoms with Gasteiger partial charge in [0.1, 0.15) is 5.92 Å². The number of fused-ring (bicyclic) bond motifs is 1. The normalized spacial score (nSPS) is 24.5. The van der Waals surface area contributed by atoms with Crippen molar-refractivity contribution in [2.45, 2.75) is 33.1 Å². The summed E-state index contributed by atoms with van der Waals surface area (Å²) in [5, 5.41) is 3.23. The average molecular weight is 427 g/mol. The minimum absolute atomic E-state index is 0.111. The highest BCUT2D eigenvalue weighted by Gasteiger charge is 2.47. The summed E-state index contributed by atoms with van der Waals surface area (Å²) in [6.07, 6.45) is 0.481. The highest BCUT2D eigenvalue weighted by Crippen LogP contribution is 2.47. The number of hydrogen-bond acceptors (Lipinski definition) is 8. The van der Waals surface area contributed by atoms with Crippen LogP contribution in [-0.4, -0.2) is 38.2 Å². The summed E-state index contributed by atoms with van der Waals surface area (Å²) in [6, 6.07) is 5.33. The van der Waals surface area contributed by atoms with Crippen LogP contribution >= 0.6 is 0 Å². The van der Waals surface area contributed by atoms with E-state index < -0.39 is 23.8 Å². The zero-order chi connectivity index (χ0) is 22.3. The first-order chi connectivity index (χ1) is 14.9. The maximum Gasteiger partial charge on any atom is 0.336 e. The molecule has 1 aromatic carbocycles. The number of carbonyl (C=O) groups excluding carboxylic acids is 3. The van der Waals surface area contributed by atoms with Crippen LogP contribution in [0.5, 0.6) is 11.5 Å². The molecule has 2 aliphatic heterocycles. The first-order valence-corrected chi connectivity index (χ1v) is 10.3. The summed E-state index contributed by atoms with van der Waals surface area (Å²) in [6.45, 7) is 5.67.